The molecule has 2 heterocycles. The SMILES string of the molecule is Cc1ccc(C(=O)Nc2ccc(NC(=O)OCCc3csc(NC(=O)OC(C)(C)C)n3)cc2)c(Cl)n1. The lowest BCUT2D eigenvalue weighted by Gasteiger charge is -2.18. The lowest BCUT2D eigenvalue weighted by molar-refractivity contribution is 0.0635. The molecule has 0 unspecified atom stereocenters. The van der Waals surface area contributed by atoms with Crippen LogP contribution in [0.4, 0.5) is 26.1 Å². The first-order valence-corrected chi connectivity index (χ1v) is 12.2. The van der Waals surface area contributed by atoms with E-state index in [1.807, 2.05) is 0 Å². The van der Waals surface area contributed by atoms with E-state index in [0.29, 0.717) is 34.3 Å². The zero-order valence-corrected chi connectivity index (χ0v) is 21.7. The molecule has 0 aliphatic rings. The number of amides is 3. The molecule has 0 aliphatic carbocycles. The van der Waals surface area contributed by atoms with Crippen LogP contribution in [-0.2, 0) is 15.9 Å². The summed E-state index contributed by atoms with van der Waals surface area (Å²) < 4.78 is 10.4. The van der Waals surface area contributed by atoms with Gasteiger partial charge in [0.25, 0.3) is 5.91 Å². The van der Waals surface area contributed by atoms with Gasteiger partial charge in [0, 0.05) is 28.9 Å². The van der Waals surface area contributed by atoms with Crippen LogP contribution in [-0.4, -0.2) is 40.3 Å². The van der Waals surface area contributed by atoms with E-state index in [1.54, 1.807) is 69.5 Å². The minimum Gasteiger partial charge on any atom is -0.449 e. The lowest BCUT2D eigenvalue weighted by atomic mass is 10.2. The molecule has 36 heavy (non-hydrogen) atoms. The molecule has 2 aromatic heterocycles. The Morgan fingerprint density at radius 3 is 2.25 bits per heavy atom. The van der Waals surface area contributed by atoms with Crippen LogP contribution in [0.2, 0.25) is 5.15 Å². The zero-order valence-electron chi connectivity index (χ0n) is 20.2. The number of benzene rings is 1. The van der Waals surface area contributed by atoms with Gasteiger partial charge in [-0.1, -0.05) is 11.6 Å². The monoisotopic (exact) mass is 531 g/mol. The van der Waals surface area contributed by atoms with Gasteiger partial charge >= 0.3 is 12.2 Å². The molecule has 3 amide bonds. The molecule has 12 heteroatoms. The highest BCUT2D eigenvalue weighted by atomic mass is 35.5. The van der Waals surface area contributed by atoms with E-state index < -0.39 is 17.8 Å². The third kappa shape index (κ3) is 8.51. The van der Waals surface area contributed by atoms with Gasteiger partial charge in [0.2, 0.25) is 0 Å². The van der Waals surface area contributed by atoms with Crippen molar-refractivity contribution in [2.24, 2.45) is 0 Å². The van der Waals surface area contributed by atoms with E-state index in [-0.39, 0.29) is 23.2 Å². The lowest BCUT2D eigenvalue weighted by Crippen LogP contribution is -2.27. The standard InChI is InChI=1S/C24H26ClN5O5S/c1-14-5-10-18(19(25)26-14)20(31)27-15-6-8-16(9-7-15)29-22(32)34-12-11-17-13-36-21(28-17)30-23(33)35-24(2,3)4/h5-10,13H,11-12H2,1-4H3,(H,27,31)(H,29,32)(H,28,30,33). The Hall–Kier alpha value is -3.70. The van der Waals surface area contributed by atoms with E-state index in [0.717, 1.165) is 0 Å². The van der Waals surface area contributed by atoms with Gasteiger partial charge in [-0.2, -0.15) is 0 Å². The molecule has 0 saturated heterocycles. The Balaban J connectivity index is 1.42. The number of pyridine rings is 1. The summed E-state index contributed by atoms with van der Waals surface area (Å²) in [5.41, 5.74) is 2.06. The molecule has 0 aliphatic heterocycles. The van der Waals surface area contributed by atoms with E-state index in [9.17, 15) is 14.4 Å². The van der Waals surface area contributed by atoms with Crippen LogP contribution >= 0.6 is 22.9 Å². The molecular weight excluding hydrogens is 506 g/mol. The Labute approximate surface area is 217 Å². The second-order valence-corrected chi connectivity index (χ2v) is 9.82. The topological polar surface area (TPSA) is 132 Å². The van der Waals surface area contributed by atoms with Gasteiger partial charge in [-0.15, -0.1) is 11.3 Å². The summed E-state index contributed by atoms with van der Waals surface area (Å²) in [4.78, 5) is 44.6. The van der Waals surface area contributed by atoms with Crippen molar-refractivity contribution in [1.82, 2.24) is 9.97 Å². The molecule has 0 fully saturated rings. The molecule has 3 rings (SSSR count). The minimum absolute atomic E-state index is 0.0981. The molecule has 0 bridgehead atoms. The van der Waals surface area contributed by atoms with Crippen LogP contribution in [0.25, 0.3) is 0 Å². The molecule has 3 aromatic rings. The summed E-state index contributed by atoms with van der Waals surface area (Å²) >= 11 is 7.29. The van der Waals surface area contributed by atoms with Crippen molar-refractivity contribution >= 4 is 57.5 Å². The Morgan fingerprint density at radius 1 is 0.944 bits per heavy atom. The zero-order chi connectivity index (χ0) is 26.3. The fraction of sp³-hybridized carbons (Fsp3) is 0.292. The van der Waals surface area contributed by atoms with Gasteiger partial charge in [0.1, 0.15) is 10.8 Å². The van der Waals surface area contributed by atoms with Crippen LogP contribution in [0.5, 0.6) is 0 Å². The third-order valence-electron chi connectivity index (χ3n) is 4.37. The molecule has 10 nitrogen and oxygen atoms in total. The molecule has 0 saturated carbocycles. The molecule has 3 N–H and O–H groups in total. The summed E-state index contributed by atoms with van der Waals surface area (Å²) in [5.74, 6) is -0.390. The number of aromatic nitrogens is 2. The fourth-order valence-corrected chi connectivity index (χ4v) is 3.81. The van der Waals surface area contributed by atoms with E-state index in [4.69, 9.17) is 21.1 Å². The smallest absolute Gasteiger partial charge is 0.413 e. The van der Waals surface area contributed by atoms with Gasteiger partial charge in [-0.05, 0) is 64.1 Å². The third-order valence-corrected chi connectivity index (χ3v) is 5.47. The van der Waals surface area contributed by atoms with Crippen LogP contribution < -0.4 is 16.0 Å². The van der Waals surface area contributed by atoms with Crippen molar-refractivity contribution in [3.63, 3.8) is 0 Å². The second kappa shape index (κ2) is 11.8. The largest absolute Gasteiger partial charge is 0.449 e. The average Bonchev–Trinajstić information content (AvgIpc) is 3.20. The normalized spacial score (nSPS) is 10.9. The van der Waals surface area contributed by atoms with Crippen LogP contribution in [0, 0.1) is 6.92 Å². The fourth-order valence-electron chi connectivity index (χ4n) is 2.80. The average molecular weight is 532 g/mol. The van der Waals surface area contributed by atoms with Gasteiger partial charge in [-0.25, -0.2) is 19.6 Å². The highest BCUT2D eigenvalue weighted by molar-refractivity contribution is 7.13. The summed E-state index contributed by atoms with van der Waals surface area (Å²) in [6.45, 7) is 7.20. The Morgan fingerprint density at radius 2 is 1.61 bits per heavy atom. The number of nitrogens with one attached hydrogen (secondary N) is 3. The Bertz CT molecular complexity index is 1240. The number of carbonyl (C=O) groups is 3. The van der Waals surface area contributed by atoms with Crippen molar-refractivity contribution in [3.05, 3.63) is 63.9 Å². The molecule has 0 radical (unpaired) electrons. The molecule has 0 spiro atoms. The van der Waals surface area contributed by atoms with E-state index in [2.05, 4.69) is 25.9 Å². The first kappa shape index (κ1) is 26.9. The van der Waals surface area contributed by atoms with Gasteiger partial charge in [0.15, 0.2) is 5.13 Å². The Kier molecular flexibility index (Phi) is 8.83. The second-order valence-electron chi connectivity index (χ2n) is 8.60. The predicted octanol–water partition coefficient (Wildman–Crippen LogP) is 5.89. The summed E-state index contributed by atoms with van der Waals surface area (Å²) in [6.07, 6.45) is -0.839. The van der Waals surface area contributed by atoms with Crippen molar-refractivity contribution < 1.29 is 23.9 Å². The van der Waals surface area contributed by atoms with Crippen LogP contribution in [0.15, 0.2) is 41.8 Å². The number of hydrogen-bond acceptors (Lipinski definition) is 8. The first-order valence-electron chi connectivity index (χ1n) is 10.9. The molecular formula is C24H26ClN5O5S. The van der Waals surface area contributed by atoms with Crippen LogP contribution in [0.3, 0.4) is 0 Å². The summed E-state index contributed by atoms with van der Waals surface area (Å²) in [6, 6.07) is 9.83. The van der Waals surface area contributed by atoms with Crippen molar-refractivity contribution in [2.75, 3.05) is 22.6 Å². The number of nitrogens with zero attached hydrogens (tertiary/aromatic N) is 2. The summed E-state index contributed by atoms with van der Waals surface area (Å²) in [5, 5.41) is 10.2. The number of carbonyl (C=O) groups excluding carboxylic acids is 3. The van der Waals surface area contributed by atoms with E-state index in [1.165, 1.54) is 11.3 Å². The number of hydrogen-bond donors (Lipinski definition) is 3. The maximum absolute atomic E-state index is 12.4. The quantitative estimate of drug-likeness (QED) is 0.324. The molecule has 0 atom stereocenters. The van der Waals surface area contributed by atoms with Crippen molar-refractivity contribution in [2.45, 2.75) is 39.7 Å². The number of halogens is 1. The maximum Gasteiger partial charge on any atom is 0.413 e. The number of ether oxygens (including phenoxy) is 2. The van der Waals surface area contributed by atoms with Gasteiger partial charge < -0.3 is 14.8 Å². The van der Waals surface area contributed by atoms with Crippen molar-refractivity contribution in [3.8, 4) is 0 Å². The highest BCUT2D eigenvalue weighted by Crippen LogP contribution is 2.19. The number of rotatable bonds is 7. The number of thiazole rings is 1. The number of aryl methyl sites for hydroxylation is 1. The van der Waals surface area contributed by atoms with E-state index >= 15 is 0 Å². The van der Waals surface area contributed by atoms with Gasteiger partial charge in [0.05, 0.1) is 17.9 Å². The van der Waals surface area contributed by atoms with Crippen LogP contribution in [0.1, 0.15) is 42.5 Å². The maximum atomic E-state index is 12.4. The van der Waals surface area contributed by atoms with Crippen molar-refractivity contribution in [1.29, 1.82) is 0 Å². The predicted molar refractivity (Wildman–Crippen MR) is 139 cm³/mol. The van der Waals surface area contributed by atoms with Gasteiger partial charge in [-0.3, -0.25) is 15.4 Å². The number of anilines is 3. The molecule has 1 aromatic carbocycles. The highest BCUT2D eigenvalue weighted by Gasteiger charge is 2.17. The first-order chi connectivity index (χ1) is 17.0. The molecule has 190 valence electrons. The summed E-state index contributed by atoms with van der Waals surface area (Å²) in [7, 11) is 0. The minimum atomic E-state index is -0.633.